The van der Waals surface area contributed by atoms with Gasteiger partial charge in [0.25, 0.3) is 0 Å². The number of hydrogen-bond acceptors (Lipinski definition) is 7. The number of benzene rings is 3. The lowest BCUT2D eigenvalue weighted by atomic mass is 9.83. The molecule has 0 amide bonds. The largest absolute Gasteiger partial charge is 0.496 e. The number of anilines is 2. The molecule has 1 N–H and O–H groups in total. The molecule has 4 rings (SSSR count). The fourth-order valence-electron chi connectivity index (χ4n) is 4.38. The van der Waals surface area contributed by atoms with Crippen molar-refractivity contribution in [2.24, 2.45) is 0 Å². The molecule has 0 atom stereocenters. The third kappa shape index (κ3) is 7.88. The molecule has 0 fully saturated rings. The van der Waals surface area contributed by atoms with Crippen LogP contribution in [0.25, 0.3) is 23.3 Å². The van der Waals surface area contributed by atoms with Crippen LogP contribution >= 0.6 is 0 Å². The summed E-state index contributed by atoms with van der Waals surface area (Å²) >= 11 is 0. The standard InChI is InChI=1S/C33H38N4O4S/c1-33(2,3)29-20-26(28-21-34-32(37(4)5)35-31(28)41-22-24-11-9-8-10-12-24)19-25(30(29)40-6)16-13-23-14-17-27(18-15-23)36-42(7,38)39/h8-21,36H,22H2,1-7H3/b16-13+. The lowest BCUT2D eigenvalue weighted by Crippen LogP contribution is -2.15. The van der Waals surface area contributed by atoms with Crippen molar-refractivity contribution in [2.75, 3.05) is 37.1 Å². The molecule has 0 spiro atoms. The normalized spacial score (nSPS) is 11.9. The van der Waals surface area contributed by atoms with E-state index in [2.05, 4.69) is 36.5 Å². The molecule has 0 aliphatic heterocycles. The Morgan fingerprint density at radius 3 is 2.26 bits per heavy atom. The van der Waals surface area contributed by atoms with Crippen LogP contribution < -0.4 is 19.1 Å². The van der Waals surface area contributed by atoms with Gasteiger partial charge in [-0.3, -0.25) is 4.72 Å². The lowest BCUT2D eigenvalue weighted by molar-refractivity contribution is 0.295. The summed E-state index contributed by atoms with van der Waals surface area (Å²) in [6.07, 6.45) is 6.90. The molecular formula is C33H38N4O4S. The van der Waals surface area contributed by atoms with Crippen molar-refractivity contribution in [1.29, 1.82) is 0 Å². The van der Waals surface area contributed by atoms with Gasteiger partial charge in [-0.25, -0.2) is 13.4 Å². The van der Waals surface area contributed by atoms with E-state index in [1.54, 1.807) is 25.4 Å². The van der Waals surface area contributed by atoms with E-state index < -0.39 is 10.0 Å². The molecular weight excluding hydrogens is 548 g/mol. The number of hydrogen-bond donors (Lipinski definition) is 1. The Bertz CT molecular complexity index is 1660. The lowest BCUT2D eigenvalue weighted by Gasteiger charge is -2.25. The van der Waals surface area contributed by atoms with Crippen LogP contribution in [0, 0.1) is 0 Å². The predicted molar refractivity (Wildman–Crippen MR) is 172 cm³/mol. The first kappa shape index (κ1) is 30.6. The van der Waals surface area contributed by atoms with Crippen LogP contribution in [0.1, 0.15) is 43.0 Å². The van der Waals surface area contributed by atoms with Crippen molar-refractivity contribution in [3.05, 3.63) is 95.2 Å². The Balaban J connectivity index is 1.79. The average molecular weight is 587 g/mol. The van der Waals surface area contributed by atoms with E-state index in [1.165, 1.54) is 0 Å². The third-order valence-electron chi connectivity index (χ3n) is 6.47. The predicted octanol–water partition coefficient (Wildman–Crippen LogP) is 6.64. The Kier molecular flexibility index (Phi) is 9.21. The van der Waals surface area contributed by atoms with Crippen molar-refractivity contribution < 1.29 is 17.9 Å². The molecule has 0 aliphatic rings. The highest BCUT2D eigenvalue weighted by Crippen LogP contribution is 2.41. The highest BCUT2D eigenvalue weighted by molar-refractivity contribution is 7.92. The molecule has 9 heteroatoms. The molecule has 1 heterocycles. The average Bonchev–Trinajstić information content (AvgIpc) is 2.94. The van der Waals surface area contributed by atoms with Crippen LogP contribution in [0.15, 0.2) is 72.9 Å². The number of nitrogens with one attached hydrogen (secondary N) is 1. The van der Waals surface area contributed by atoms with E-state index in [9.17, 15) is 8.42 Å². The molecule has 0 unspecified atom stereocenters. The number of sulfonamides is 1. The fourth-order valence-corrected chi connectivity index (χ4v) is 4.95. The van der Waals surface area contributed by atoms with Gasteiger partial charge in [0.15, 0.2) is 0 Å². The van der Waals surface area contributed by atoms with E-state index >= 15 is 0 Å². The highest BCUT2D eigenvalue weighted by Gasteiger charge is 2.24. The quantitative estimate of drug-likeness (QED) is 0.208. The first-order valence-electron chi connectivity index (χ1n) is 13.5. The minimum absolute atomic E-state index is 0.224. The van der Waals surface area contributed by atoms with Gasteiger partial charge in [0.1, 0.15) is 12.4 Å². The summed E-state index contributed by atoms with van der Waals surface area (Å²) in [4.78, 5) is 11.2. The first-order chi connectivity index (χ1) is 19.8. The van der Waals surface area contributed by atoms with Gasteiger partial charge >= 0.3 is 0 Å². The zero-order valence-corrected chi connectivity index (χ0v) is 26.0. The number of methoxy groups -OCH3 is 1. The maximum absolute atomic E-state index is 11.6. The molecule has 8 nitrogen and oxygen atoms in total. The molecule has 0 bridgehead atoms. The van der Waals surface area contributed by atoms with Gasteiger partial charge < -0.3 is 14.4 Å². The van der Waals surface area contributed by atoms with E-state index in [0.717, 1.165) is 45.4 Å². The van der Waals surface area contributed by atoms with Crippen molar-refractivity contribution in [2.45, 2.75) is 32.8 Å². The Morgan fingerprint density at radius 1 is 0.976 bits per heavy atom. The van der Waals surface area contributed by atoms with Gasteiger partial charge in [0.05, 0.1) is 18.9 Å². The van der Waals surface area contributed by atoms with Crippen LogP contribution in [0.2, 0.25) is 0 Å². The molecule has 0 radical (unpaired) electrons. The van der Waals surface area contributed by atoms with Crippen molar-refractivity contribution in [3.63, 3.8) is 0 Å². The minimum Gasteiger partial charge on any atom is -0.496 e. The molecule has 220 valence electrons. The number of aromatic nitrogens is 2. The van der Waals surface area contributed by atoms with Crippen LogP contribution in [-0.4, -0.2) is 45.8 Å². The second-order valence-corrected chi connectivity index (χ2v) is 13.0. The minimum atomic E-state index is -3.34. The topological polar surface area (TPSA) is 93.6 Å². The van der Waals surface area contributed by atoms with Crippen molar-refractivity contribution >= 4 is 33.8 Å². The molecule has 0 saturated carbocycles. The van der Waals surface area contributed by atoms with Crippen LogP contribution in [0.4, 0.5) is 11.6 Å². The van der Waals surface area contributed by atoms with E-state index in [0.29, 0.717) is 24.1 Å². The van der Waals surface area contributed by atoms with Gasteiger partial charge in [-0.15, -0.1) is 0 Å². The van der Waals surface area contributed by atoms with Crippen molar-refractivity contribution in [3.8, 4) is 22.8 Å². The SMILES string of the molecule is COc1c(/C=C/c2ccc(NS(C)(=O)=O)cc2)cc(-c2cnc(N(C)C)nc2OCc2ccccc2)cc1C(C)(C)C. The zero-order valence-electron chi connectivity index (χ0n) is 25.2. The molecule has 1 aromatic heterocycles. The molecule has 3 aromatic carbocycles. The highest BCUT2D eigenvalue weighted by atomic mass is 32.2. The monoisotopic (exact) mass is 586 g/mol. The van der Waals surface area contributed by atoms with Gasteiger partial charge in [-0.2, -0.15) is 4.98 Å². The molecule has 0 saturated heterocycles. The summed E-state index contributed by atoms with van der Waals surface area (Å²) in [5, 5.41) is 0. The smallest absolute Gasteiger partial charge is 0.229 e. The summed E-state index contributed by atoms with van der Waals surface area (Å²) in [6.45, 7) is 6.81. The summed E-state index contributed by atoms with van der Waals surface area (Å²) in [6, 6.07) is 21.3. The van der Waals surface area contributed by atoms with E-state index in [1.807, 2.05) is 79.7 Å². The summed E-state index contributed by atoms with van der Waals surface area (Å²) < 4.78 is 37.8. The Labute approximate surface area is 249 Å². The first-order valence-corrected chi connectivity index (χ1v) is 15.4. The Hall–Kier alpha value is -4.37. The van der Waals surface area contributed by atoms with Crippen LogP contribution in [0.3, 0.4) is 0 Å². The number of nitrogens with zero attached hydrogens (tertiary/aromatic N) is 3. The van der Waals surface area contributed by atoms with Crippen molar-refractivity contribution in [1.82, 2.24) is 9.97 Å². The number of ether oxygens (including phenoxy) is 2. The van der Waals surface area contributed by atoms with Gasteiger partial charge in [-0.05, 0) is 46.4 Å². The van der Waals surface area contributed by atoms with Gasteiger partial charge in [0.2, 0.25) is 21.9 Å². The molecule has 4 aromatic rings. The zero-order chi connectivity index (χ0) is 30.5. The molecule has 0 aliphatic carbocycles. The fraction of sp³-hybridized carbons (Fsp3) is 0.273. The second-order valence-electron chi connectivity index (χ2n) is 11.3. The van der Waals surface area contributed by atoms with E-state index in [4.69, 9.17) is 14.5 Å². The maximum Gasteiger partial charge on any atom is 0.229 e. The second kappa shape index (κ2) is 12.7. The van der Waals surface area contributed by atoms with Gasteiger partial charge in [0, 0.05) is 37.1 Å². The summed E-state index contributed by atoms with van der Waals surface area (Å²) in [5.74, 6) is 1.82. The van der Waals surface area contributed by atoms with Gasteiger partial charge in [-0.1, -0.05) is 75.4 Å². The van der Waals surface area contributed by atoms with Crippen LogP contribution in [-0.2, 0) is 22.0 Å². The Morgan fingerprint density at radius 2 is 1.67 bits per heavy atom. The number of rotatable bonds is 10. The van der Waals surface area contributed by atoms with E-state index in [-0.39, 0.29) is 5.41 Å². The maximum atomic E-state index is 11.6. The summed E-state index contributed by atoms with van der Waals surface area (Å²) in [7, 11) is 2.13. The third-order valence-corrected chi connectivity index (χ3v) is 7.08. The molecule has 42 heavy (non-hydrogen) atoms. The van der Waals surface area contributed by atoms with Crippen LogP contribution in [0.5, 0.6) is 11.6 Å². The summed E-state index contributed by atoms with van der Waals surface area (Å²) in [5.41, 5.74) is 5.82.